The highest BCUT2D eigenvalue weighted by Crippen LogP contribution is 2.31. The Bertz CT molecular complexity index is 789. The Morgan fingerprint density at radius 2 is 1.85 bits per heavy atom. The molecule has 0 bridgehead atoms. The molecule has 0 aliphatic carbocycles. The van der Waals surface area contributed by atoms with Crippen LogP contribution in [0.2, 0.25) is 5.02 Å². The molecular weight excluding hydrogens is 366 g/mol. The number of hydrogen-bond acceptors (Lipinski definition) is 4. The Labute approximate surface area is 164 Å². The normalized spacial score (nSPS) is 15.1. The van der Waals surface area contributed by atoms with E-state index in [0.29, 0.717) is 36.6 Å². The molecule has 0 fully saturated rings. The van der Waals surface area contributed by atoms with Gasteiger partial charge in [-0.15, -0.1) is 0 Å². The first-order valence-corrected chi connectivity index (χ1v) is 9.45. The van der Waals surface area contributed by atoms with Gasteiger partial charge in [0.1, 0.15) is 18.8 Å². The van der Waals surface area contributed by atoms with Crippen LogP contribution < -0.4 is 14.8 Å². The van der Waals surface area contributed by atoms with Gasteiger partial charge in [0.25, 0.3) is 0 Å². The second-order valence-corrected chi connectivity index (χ2v) is 7.33. The van der Waals surface area contributed by atoms with E-state index in [9.17, 15) is 9.90 Å². The van der Waals surface area contributed by atoms with Gasteiger partial charge in [-0.1, -0.05) is 29.8 Å². The summed E-state index contributed by atoms with van der Waals surface area (Å²) in [5, 5.41) is 14.0. The number of aryl methyl sites for hydroxylation is 1. The second-order valence-electron chi connectivity index (χ2n) is 6.89. The van der Waals surface area contributed by atoms with Gasteiger partial charge in [0.05, 0.1) is 6.54 Å². The van der Waals surface area contributed by atoms with Gasteiger partial charge in [-0.2, -0.15) is 0 Å². The van der Waals surface area contributed by atoms with Crippen LogP contribution in [0.25, 0.3) is 0 Å². The highest BCUT2D eigenvalue weighted by Gasteiger charge is 2.23. The van der Waals surface area contributed by atoms with Crippen LogP contribution in [0.5, 0.6) is 11.5 Å². The van der Waals surface area contributed by atoms with Crippen LogP contribution >= 0.6 is 11.6 Å². The quantitative estimate of drug-likeness (QED) is 0.761. The number of halogens is 1. The van der Waals surface area contributed by atoms with Crippen molar-refractivity contribution in [3.8, 4) is 11.5 Å². The molecule has 0 aromatic heterocycles. The number of carbonyl (C=O) groups excluding carboxylic acids is 1. The Morgan fingerprint density at radius 1 is 1.15 bits per heavy atom. The van der Waals surface area contributed by atoms with Gasteiger partial charge in [-0.05, 0) is 55.2 Å². The summed E-state index contributed by atoms with van der Waals surface area (Å²) >= 11 is 5.87. The lowest BCUT2D eigenvalue weighted by Gasteiger charge is -2.24. The lowest BCUT2D eigenvalue weighted by atomic mass is 9.96. The number of hydrogen-bond donors (Lipinski definition) is 2. The maximum absolute atomic E-state index is 12.1. The number of benzene rings is 2. The molecule has 0 saturated heterocycles. The van der Waals surface area contributed by atoms with Crippen molar-refractivity contribution in [3.63, 3.8) is 0 Å². The Morgan fingerprint density at radius 3 is 2.59 bits per heavy atom. The minimum absolute atomic E-state index is 0.0817. The van der Waals surface area contributed by atoms with E-state index < -0.39 is 5.60 Å². The number of rotatable bonds is 7. The number of amides is 1. The molecule has 0 spiro atoms. The number of fused-ring (bicyclic) bond motifs is 1. The average Bonchev–Trinajstić information content (AvgIpc) is 2.67. The predicted octanol–water partition coefficient (Wildman–Crippen LogP) is 3.46. The fraction of sp³-hybridized carbons (Fsp3) is 0.381. The summed E-state index contributed by atoms with van der Waals surface area (Å²) in [6, 6.07) is 12.8. The average molecular weight is 390 g/mol. The molecule has 0 saturated carbocycles. The summed E-state index contributed by atoms with van der Waals surface area (Å²) in [6.07, 6.45) is 1.89. The van der Waals surface area contributed by atoms with E-state index in [-0.39, 0.29) is 12.5 Å². The maximum atomic E-state index is 12.1. The number of nitrogens with one attached hydrogen (secondary N) is 1. The molecule has 6 heteroatoms. The number of aliphatic hydroxyl groups is 1. The van der Waals surface area contributed by atoms with Gasteiger partial charge in [0.2, 0.25) is 5.91 Å². The molecule has 3 rings (SSSR count). The van der Waals surface area contributed by atoms with E-state index >= 15 is 0 Å². The molecule has 144 valence electrons. The van der Waals surface area contributed by atoms with Gasteiger partial charge >= 0.3 is 0 Å². The third-order valence-corrected chi connectivity index (χ3v) is 4.82. The van der Waals surface area contributed by atoms with Crippen LogP contribution in [-0.4, -0.2) is 30.8 Å². The zero-order valence-electron chi connectivity index (χ0n) is 15.3. The van der Waals surface area contributed by atoms with Crippen LogP contribution in [0.1, 0.15) is 30.9 Å². The van der Waals surface area contributed by atoms with Crippen molar-refractivity contribution in [2.24, 2.45) is 0 Å². The fourth-order valence-electron chi connectivity index (χ4n) is 2.97. The molecule has 2 N–H and O–H groups in total. The molecule has 1 aliphatic heterocycles. The van der Waals surface area contributed by atoms with Crippen molar-refractivity contribution in [2.45, 2.75) is 31.8 Å². The first kappa shape index (κ1) is 19.5. The lowest BCUT2D eigenvalue weighted by molar-refractivity contribution is -0.122. The van der Waals surface area contributed by atoms with Crippen LogP contribution in [0, 0.1) is 0 Å². The predicted molar refractivity (Wildman–Crippen MR) is 104 cm³/mol. The molecule has 2 aromatic carbocycles. The van der Waals surface area contributed by atoms with E-state index in [1.165, 1.54) is 0 Å². The minimum Gasteiger partial charge on any atom is -0.486 e. The molecule has 1 aliphatic rings. The molecule has 5 nitrogen and oxygen atoms in total. The molecule has 2 aromatic rings. The van der Waals surface area contributed by atoms with Crippen LogP contribution in [0.4, 0.5) is 0 Å². The number of ether oxygens (including phenoxy) is 2. The van der Waals surface area contributed by atoms with E-state index in [2.05, 4.69) is 5.32 Å². The summed E-state index contributed by atoms with van der Waals surface area (Å²) in [5.41, 5.74) is 0.680. The lowest BCUT2D eigenvalue weighted by Crippen LogP contribution is -2.38. The molecule has 0 radical (unpaired) electrons. The van der Waals surface area contributed by atoms with Gasteiger partial charge < -0.3 is 19.9 Å². The van der Waals surface area contributed by atoms with Crippen molar-refractivity contribution >= 4 is 17.5 Å². The zero-order valence-corrected chi connectivity index (χ0v) is 16.1. The SMILES string of the molecule is CC(O)(CNC(=O)CCCc1ccc2c(c1)OCCO2)c1ccc(Cl)cc1. The van der Waals surface area contributed by atoms with Gasteiger partial charge in [0.15, 0.2) is 11.5 Å². The van der Waals surface area contributed by atoms with E-state index in [1.54, 1.807) is 31.2 Å². The third-order valence-electron chi connectivity index (χ3n) is 4.57. The van der Waals surface area contributed by atoms with Gasteiger partial charge in [-0.25, -0.2) is 0 Å². The van der Waals surface area contributed by atoms with Crippen LogP contribution in [0.3, 0.4) is 0 Å². The summed E-state index contributed by atoms with van der Waals surface area (Å²) in [5.74, 6) is 1.45. The molecule has 1 amide bonds. The maximum Gasteiger partial charge on any atom is 0.220 e. The smallest absolute Gasteiger partial charge is 0.220 e. The van der Waals surface area contributed by atoms with Crippen molar-refractivity contribution < 1.29 is 19.4 Å². The Kier molecular flexibility index (Phi) is 6.24. The molecule has 1 heterocycles. The monoisotopic (exact) mass is 389 g/mol. The summed E-state index contributed by atoms with van der Waals surface area (Å²) in [4.78, 5) is 12.1. The molecule has 1 atom stereocenters. The van der Waals surface area contributed by atoms with Crippen molar-refractivity contribution in [2.75, 3.05) is 19.8 Å². The fourth-order valence-corrected chi connectivity index (χ4v) is 3.09. The second kappa shape index (κ2) is 8.63. The van der Waals surface area contributed by atoms with Gasteiger partial charge in [0, 0.05) is 11.4 Å². The van der Waals surface area contributed by atoms with E-state index in [4.69, 9.17) is 21.1 Å². The summed E-state index contributed by atoms with van der Waals surface area (Å²) in [7, 11) is 0. The molecule has 27 heavy (non-hydrogen) atoms. The highest BCUT2D eigenvalue weighted by atomic mass is 35.5. The molecular formula is C21H24ClNO4. The third kappa shape index (κ3) is 5.37. The van der Waals surface area contributed by atoms with Crippen molar-refractivity contribution in [1.29, 1.82) is 0 Å². The van der Waals surface area contributed by atoms with Crippen molar-refractivity contribution in [1.82, 2.24) is 5.32 Å². The Balaban J connectivity index is 1.44. The topological polar surface area (TPSA) is 67.8 Å². The first-order chi connectivity index (χ1) is 12.9. The summed E-state index contributed by atoms with van der Waals surface area (Å²) in [6.45, 7) is 2.96. The highest BCUT2D eigenvalue weighted by molar-refractivity contribution is 6.30. The zero-order chi connectivity index (χ0) is 19.3. The van der Waals surface area contributed by atoms with E-state index in [1.807, 2.05) is 18.2 Å². The standard InChI is InChI=1S/C21H24ClNO4/c1-21(25,16-6-8-17(22)9-7-16)14-23-20(24)4-2-3-15-5-10-18-19(13-15)27-12-11-26-18/h5-10,13,25H,2-4,11-12,14H2,1H3,(H,23,24). The van der Waals surface area contributed by atoms with Crippen molar-refractivity contribution in [3.05, 3.63) is 58.6 Å². The first-order valence-electron chi connectivity index (χ1n) is 9.08. The number of carbonyl (C=O) groups is 1. The van der Waals surface area contributed by atoms with Crippen LogP contribution in [0.15, 0.2) is 42.5 Å². The Hall–Kier alpha value is -2.24. The largest absolute Gasteiger partial charge is 0.486 e. The minimum atomic E-state index is -1.14. The van der Waals surface area contributed by atoms with Crippen LogP contribution in [-0.2, 0) is 16.8 Å². The van der Waals surface area contributed by atoms with E-state index in [0.717, 1.165) is 23.5 Å². The molecule has 1 unspecified atom stereocenters. The van der Waals surface area contributed by atoms with Gasteiger partial charge in [-0.3, -0.25) is 4.79 Å². The summed E-state index contributed by atoms with van der Waals surface area (Å²) < 4.78 is 11.1.